The van der Waals surface area contributed by atoms with Crippen LogP contribution in [-0.2, 0) is 10.0 Å². The fraction of sp³-hybridized carbons (Fsp3) is 0.545. The van der Waals surface area contributed by atoms with E-state index >= 15 is 0 Å². The maximum Gasteiger partial charge on any atom is 0.242 e. The van der Waals surface area contributed by atoms with Crippen LogP contribution in [0.4, 0.5) is 0 Å². The lowest BCUT2D eigenvalue weighted by atomic mass is 10.0. The molecule has 0 radical (unpaired) electrons. The van der Waals surface area contributed by atoms with Crippen LogP contribution in [0, 0.1) is 0 Å². The van der Waals surface area contributed by atoms with Crippen LogP contribution in [0.3, 0.4) is 0 Å². The molecule has 2 atom stereocenters. The molecule has 0 aromatic carbocycles. The Morgan fingerprint density at radius 2 is 2.21 bits per heavy atom. The zero-order valence-electron chi connectivity index (χ0n) is 10.5. The first-order valence-corrected chi connectivity index (χ1v) is 7.70. The highest BCUT2D eigenvalue weighted by Crippen LogP contribution is 2.16. The fourth-order valence-electron chi connectivity index (χ4n) is 2.07. The van der Waals surface area contributed by atoms with E-state index in [2.05, 4.69) is 15.0 Å². The van der Waals surface area contributed by atoms with Crippen LogP contribution in [0.25, 0.3) is 0 Å². The lowest BCUT2D eigenvalue weighted by Crippen LogP contribution is -2.46. The summed E-state index contributed by atoms with van der Waals surface area (Å²) in [5.74, 6) is 0. The minimum absolute atomic E-state index is 0. The second-order valence-corrected chi connectivity index (χ2v) is 6.69. The third-order valence-electron chi connectivity index (χ3n) is 2.94. The Balaban J connectivity index is 0.00000180. The van der Waals surface area contributed by atoms with E-state index in [1.807, 2.05) is 6.92 Å². The lowest BCUT2D eigenvalue weighted by Gasteiger charge is -2.28. The largest absolute Gasteiger partial charge is 0.314 e. The van der Waals surface area contributed by atoms with Crippen molar-refractivity contribution < 1.29 is 8.42 Å². The van der Waals surface area contributed by atoms with Crippen LogP contribution < -0.4 is 10.0 Å². The predicted octanol–water partition coefficient (Wildman–Crippen LogP) is 1.58. The molecule has 0 saturated carbocycles. The van der Waals surface area contributed by atoms with Gasteiger partial charge in [0.25, 0.3) is 0 Å². The second kappa shape index (κ2) is 6.85. The van der Waals surface area contributed by atoms with Gasteiger partial charge in [0.2, 0.25) is 10.0 Å². The molecule has 2 N–H and O–H groups in total. The van der Waals surface area contributed by atoms with Gasteiger partial charge in [-0.25, -0.2) is 13.1 Å². The van der Waals surface area contributed by atoms with E-state index in [1.54, 1.807) is 0 Å². The van der Waals surface area contributed by atoms with Gasteiger partial charge in [-0.05, 0) is 32.4 Å². The average Bonchev–Trinajstić information content (AvgIpc) is 2.28. The molecule has 1 aromatic heterocycles. The molecule has 8 heteroatoms. The summed E-state index contributed by atoms with van der Waals surface area (Å²) in [6.07, 6.45) is 4.29. The number of nitrogens with one attached hydrogen (secondary N) is 2. The van der Waals surface area contributed by atoms with Crippen molar-refractivity contribution in [2.24, 2.45) is 0 Å². The molecule has 19 heavy (non-hydrogen) atoms. The Kier molecular flexibility index (Phi) is 6.01. The Morgan fingerprint density at radius 1 is 1.47 bits per heavy atom. The molecule has 0 amide bonds. The molecule has 0 bridgehead atoms. The van der Waals surface area contributed by atoms with Crippen molar-refractivity contribution in [3.63, 3.8) is 0 Å². The molecule has 2 heterocycles. The number of sulfonamides is 1. The number of piperidine rings is 1. The lowest BCUT2D eigenvalue weighted by molar-refractivity contribution is 0.361. The van der Waals surface area contributed by atoms with Crippen molar-refractivity contribution in [3.05, 3.63) is 23.5 Å². The smallest absolute Gasteiger partial charge is 0.242 e. The average molecular weight is 326 g/mol. The number of hydrogen-bond acceptors (Lipinski definition) is 4. The van der Waals surface area contributed by atoms with Crippen molar-refractivity contribution in [2.45, 2.75) is 36.7 Å². The predicted molar refractivity (Wildman–Crippen MR) is 77.3 cm³/mol. The zero-order valence-corrected chi connectivity index (χ0v) is 12.9. The third-order valence-corrected chi connectivity index (χ3v) is 4.63. The van der Waals surface area contributed by atoms with E-state index in [0.29, 0.717) is 11.1 Å². The number of halogens is 2. The molecule has 0 aliphatic carbocycles. The van der Waals surface area contributed by atoms with Crippen LogP contribution in [0.15, 0.2) is 23.4 Å². The summed E-state index contributed by atoms with van der Waals surface area (Å²) in [4.78, 5) is 3.91. The SMILES string of the molecule is CC1CC(NS(=O)(=O)c2cncc(Cl)c2)CCN1.Cl. The summed E-state index contributed by atoms with van der Waals surface area (Å²) in [6, 6.07) is 1.69. The number of hydrogen-bond donors (Lipinski definition) is 2. The quantitative estimate of drug-likeness (QED) is 0.885. The Bertz CT molecular complexity index is 524. The monoisotopic (exact) mass is 325 g/mol. The van der Waals surface area contributed by atoms with Gasteiger partial charge in [-0.3, -0.25) is 4.98 Å². The molecule has 2 unspecified atom stereocenters. The van der Waals surface area contributed by atoms with Crippen molar-refractivity contribution in [1.82, 2.24) is 15.0 Å². The third kappa shape index (κ3) is 4.57. The van der Waals surface area contributed by atoms with Gasteiger partial charge >= 0.3 is 0 Å². The summed E-state index contributed by atoms with van der Waals surface area (Å²) < 4.78 is 27.0. The highest BCUT2D eigenvalue weighted by Gasteiger charge is 2.24. The summed E-state index contributed by atoms with van der Waals surface area (Å²) in [7, 11) is -3.53. The minimum atomic E-state index is -3.53. The maximum atomic E-state index is 12.1. The van der Waals surface area contributed by atoms with Gasteiger partial charge in [0, 0.05) is 24.5 Å². The molecule has 1 aliphatic rings. The van der Waals surface area contributed by atoms with Crippen LogP contribution in [-0.4, -0.2) is 32.0 Å². The molecule has 108 valence electrons. The van der Waals surface area contributed by atoms with E-state index in [0.717, 1.165) is 19.4 Å². The highest BCUT2D eigenvalue weighted by molar-refractivity contribution is 7.89. The summed E-state index contributed by atoms with van der Waals surface area (Å²) >= 11 is 5.75. The first-order chi connectivity index (χ1) is 8.47. The summed E-state index contributed by atoms with van der Waals surface area (Å²) in [6.45, 7) is 2.86. The molecule has 2 rings (SSSR count). The Hall–Kier alpha value is -0.400. The number of aromatic nitrogens is 1. The number of rotatable bonds is 3. The van der Waals surface area contributed by atoms with Crippen LogP contribution >= 0.6 is 24.0 Å². The molecular formula is C11H17Cl2N3O2S. The number of nitrogens with zero attached hydrogens (tertiary/aromatic N) is 1. The molecule has 1 fully saturated rings. The standard InChI is InChI=1S/C11H16ClN3O2S.ClH/c1-8-4-10(2-3-14-8)15-18(16,17)11-5-9(12)6-13-7-11;/h5-8,10,14-15H,2-4H2,1H3;1H. The van der Waals surface area contributed by atoms with Gasteiger partial charge in [0.05, 0.1) is 5.02 Å². The second-order valence-electron chi connectivity index (χ2n) is 4.54. The van der Waals surface area contributed by atoms with Gasteiger partial charge in [-0.1, -0.05) is 11.6 Å². The highest BCUT2D eigenvalue weighted by atomic mass is 35.5. The van der Waals surface area contributed by atoms with Crippen molar-refractivity contribution in [2.75, 3.05) is 6.54 Å². The van der Waals surface area contributed by atoms with E-state index in [9.17, 15) is 8.42 Å². The molecule has 1 aliphatic heterocycles. The van der Waals surface area contributed by atoms with Gasteiger partial charge < -0.3 is 5.32 Å². The van der Waals surface area contributed by atoms with Crippen LogP contribution in [0.1, 0.15) is 19.8 Å². The first kappa shape index (κ1) is 16.7. The topological polar surface area (TPSA) is 71.1 Å². The van der Waals surface area contributed by atoms with E-state index in [-0.39, 0.29) is 23.3 Å². The Labute approximate surface area is 124 Å². The summed E-state index contributed by atoms with van der Waals surface area (Å²) in [5, 5.41) is 3.59. The van der Waals surface area contributed by atoms with E-state index in [4.69, 9.17) is 11.6 Å². The summed E-state index contributed by atoms with van der Waals surface area (Å²) in [5.41, 5.74) is 0. The Morgan fingerprint density at radius 3 is 2.84 bits per heavy atom. The minimum Gasteiger partial charge on any atom is -0.314 e. The normalized spacial score (nSPS) is 23.7. The van der Waals surface area contributed by atoms with E-state index < -0.39 is 10.0 Å². The zero-order chi connectivity index (χ0) is 13.2. The van der Waals surface area contributed by atoms with Crippen LogP contribution in [0.5, 0.6) is 0 Å². The molecular weight excluding hydrogens is 309 g/mol. The fourth-order valence-corrected chi connectivity index (χ4v) is 3.58. The number of pyridine rings is 1. The molecule has 1 saturated heterocycles. The molecule has 0 spiro atoms. The first-order valence-electron chi connectivity index (χ1n) is 5.83. The van der Waals surface area contributed by atoms with Crippen molar-refractivity contribution >= 4 is 34.0 Å². The van der Waals surface area contributed by atoms with Gasteiger partial charge in [-0.2, -0.15) is 0 Å². The maximum absolute atomic E-state index is 12.1. The van der Waals surface area contributed by atoms with Crippen LogP contribution in [0.2, 0.25) is 5.02 Å². The van der Waals surface area contributed by atoms with Crippen molar-refractivity contribution in [3.8, 4) is 0 Å². The van der Waals surface area contributed by atoms with Crippen molar-refractivity contribution in [1.29, 1.82) is 0 Å². The van der Waals surface area contributed by atoms with Gasteiger partial charge in [-0.15, -0.1) is 12.4 Å². The van der Waals surface area contributed by atoms with Gasteiger partial charge in [0.1, 0.15) is 4.90 Å². The molecule has 1 aromatic rings. The van der Waals surface area contributed by atoms with Gasteiger partial charge in [0.15, 0.2) is 0 Å². The molecule has 5 nitrogen and oxygen atoms in total. The van der Waals surface area contributed by atoms with E-state index in [1.165, 1.54) is 18.5 Å².